The molecule has 1 aromatic carbocycles. The van der Waals surface area contributed by atoms with E-state index >= 15 is 0 Å². The second kappa shape index (κ2) is 7.47. The van der Waals surface area contributed by atoms with E-state index in [2.05, 4.69) is 21.3 Å². The van der Waals surface area contributed by atoms with Gasteiger partial charge < -0.3 is 15.1 Å². The van der Waals surface area contributed by atoms with Gasteiger partial charge in [0.05, 0.1) is 12.1 Å². The molecule has 0 aliphatic carbocycles. The number of hydrogen-bond donors (Lipinski definition) is 1. The third-order valence-electron chi connectivity index (χ3n) is 4.39. The van der Waals surface area contributed by atoms with Gasteiger partial charge in [-0.1, -0.05) is 25.0 Å². The summed E-state index contributed by atoms with van der Waals surface area (Å²) >= 11 is 0. The Morgan fingerprint density at radius 2 is 1.83 bits per heavy atom. The first-order valence-electron chi connectivity index (χ1n) is 8.61. The van der Waals surface area contributed by atoms with Crippen LogP contribution in [0.5, 0.6) is 0 Å². The van der Waals surface area contributed by atoms with Crippen molar-refractivity contribution in [2.75, 3.05) is 43.9 Å². The van der Waals surface area contributed by atoms with Crippen LogP contribution in [0, 0.1) is 0 Å². The van der Waals surface area contributed by atoms with Crippen molar-refractivity contribution in [1.82, 2.24) is 14.9 Å². The number of likely N-dealkylation sites (N-methyl/N-ethyl adjacent to an activating group) is 1. The monoisotopic (exact) mass is 327 g/mol. The quantitative estimate of drug-likeness (QED) is 0.935. The highest BCUT2D eigenvalue weighted by atomic mass is 16.2. The van der Waals surface area contributed by atoms with Crippen LogP contribution in [0.1, 0.15) is 25.7 Å². The van der Waals surface area contributed by atoms with Crippen molar-refractivity contribution in [3.8, 4) is 0 Å². The summed E-state index contributed by atoms with van der Waals surface area (Å²) in [6, 6.07) is 8.08. The first-order valence-corrected chi connectivity index (χ1v) is 8.61. The number of para-hydroxylation sites is 1. The van der Waals surface area contributed by atoms with Crippen LogP contribution in [0.4, 0.5) is 11.8 Å². The van der Waals surface area contributed by atoms with Crippen molar-refractivity contribution in [1.29, 1.82) is 0 Å². The Hall–Kier alpha value is -2.37. The lowest BCUT2D eigenvalue weighted by Gasteiger charge is -2.23. The molecule has 6 nitrogen and oxygen atoms in total. The number of benzene rings is 1. The summed E-state index contributed by atoms with van der Waals surface area (Å²) in [4.78, 5) is 25.0. The van der Waals surface area contributed by atoms with Gasteiger partial charge in [-0.3, -0.25) is 4.79 Å². The highest BCUT2D eigenvalue weighted by Crippen LogP contribution is 2.27. The van der Waals surface area contributed by atoms with E-state index in [0.29, 0.717) is 5.95 Å². The van der Waals surface area contributed by atoms with E-state index in [1.807, 2.05) is 18.2 Å². The molecule has 24 heavy (non-hydrogen) atoms. The second-order valence-corrected chi connectivity index (χ2v) is 6.43. The van der Waals surface area contributed by atoms with Crippen LogP contribution in [0.3, 0.4) is 0 Å². The summed E-state index contributed by atoms with van der Waals surface area (Å²) in [5.74, 6) is 1.49. The number of amides is 1. The Bertz CT molecular complexity index is 708. The Labute approximate surface area is 142 Å². The van der Waals surface area contributed by atoms with Crippen LogP contribution in [-0.4, -0.2) is 54.5 Å². The third kappa shape index (κ3) is 3.75. The van der Waals surface area contributed by atoms with Crippen LogP contribution < -0.4 is 10.2 Å². The summed E-state index contributed by atoms with van der Waals surface area (Å²) in [6.07, 6.45) is 4.95. The van der Waals surface area contributed by atoms with Crippen LogP contribution in [-0.2, 0) is 4.79 Å². The fourth-order valence-corrected chi connectivity index (χ4v) is 2.98. The van der Waals surface area contributed by atoms with E-state index in [9.17, 15) is 4.79 Å². The minimum absolute atomic E-state index is 0.00285. The molecule has 1 N–H and O–H groups in total. The van der Waals surface area contributed by atoms with Crippen molar-refractivity contribution in [3.05, 3.63) is 24.3 Å². The van der Waals surface area contributed by atoms with E-state index < -0.39 is 0 Å². The summed E-state index contributed by atoms with van der Waals surface area (Å²) < 4.78 is 0. The van der Waals surface area contributed by atoms with Gasteiger partial charge in [-0.2, -0.15) is 4.98 Å². The smallest absolute Gasteiger partial charge is 0.241 e. The van der Waals surface area contributed by atoms with Gasteiger partial charge in [0.25, 0.3) is 0 Å². The Kier molecular flexibility index (Phi) is 5.13. The molecule has 1 fully saturated rings. The number of aromatic nitrogens is 2. The molecule has 2 aromatic rings. The van der Waals surface area contributed by atoms with E-state index in [1.165, 1.54) is 25.7 Å². The molecule has 0 atom stereocenters. The zero-order chi connectivity index (χ0) is 16.9. The molecule has 1 aliphatic heterocycles. The van der Waals surface area contributed by atoms with E-state index in [1.54, 1.807) is 19.0 Å². The number of hydrogen-bond acceptors (Lipinski definition) is 5. The predicted octanol–water partition coefficient (Wildman–Crippen LogP) is 2.51. The Balaban J connectivity index is 1.92. The normalized spacial score (nSPS) is 15.2. The topological polar surface area (TPSA) is 61.4 Å². The first-order chi connectivity index (χ1) is 11.6. The second-order valence-electron chi connectivity index (χ2n) is 6.43. The SMILES string of the molecule is CN(C)C(=O)CNc1nc(N2CCCCCC2)c2ccccc2n1. The van der Waals surface area contributed by atoms with Crippen molar-refractivity contribution in [2.45, 2.75) is 25.7 Å². The molecular weight excluding hydrogens is 302 g/mol. The minimum atomic E-state index is 0.00285. The van der Waals surface area contributed by atoms with E-state index in [4.69, 9.17) is 4.98 Å². The number of carbonyl (C=O) groups is 1. The number of rotatable bonds is 4. The lowest BCUT2D eigenvalue weighted by Crippen LogP contribution is -2.29. The first kappa shape index (κ1) is 16.5. The van der Waals surface area contributed by atoms with Gasteiger partial charge in [0.1, 0.15) is 5.82 Å². The van der Waals surface area contributed by atoms with Gasteiger partial charge >= 0.3 is 0 Å². The minimum Gasteiger partial charge on any atom is -0.356 e. The van der Waals surface area contributed by atoms with Crippen LogP contribution in [0.2, 0.25) is 0 Å². The molecule has 2 heterocycles. The van der Waals surface area contributed by atoms with E-state index in [0.717, 1.165) is 29.8 Å². The Morgan fingerprint density at radius 1 is 1.12 bits per heavy atom. The number of nitrogens with one attached hydrogen (secondary N) is 1. The molecule has 1 amide bonds. The zero-order valence-corrected chi connectivity index (χ0v) is 14.5. The van der Waals surface area contributed by atoms with Gasteiger partial charge in [0.2, 0.25) is 11.9 Å². The maximum absolute atomic E-state index is 11.8. The molecule has 0 spiro atoms. The van der Waals surface area contributed by atoms with Crippen molar-refractivity contribution in [3.63, 3.8) is 0 Å². The van der Waals surface area contributed by atoms with Crippen LogP contribution in [0.15, 0.2) is 24.3 Å². The van der Waals surface area contributed by atoms with Crippen molar-refractivity contribution in [2.24, 2.45) is 0 Å². The summed E-state index contributed by atoms with van der Waals surface area (Å²) in [7, 11) is 3.49. The molecule has 128 valence electrons. The van der Waals surface area contributed by atoms with Crippen LogP contribution >= 0.6 is 0 Å². The average molecular weight is 327 g/mol. The molecular formula is C18H25N5O. The van der Waals surface area contributed by atoms with Crippen LogP contribution in [0.25, 0.3) is 10.9 Å². The predicted molar refractivity (Wildman–Crippen MR) is 97.4 cm³/mol. The fraction of sp³-hybridized carbons (Fsp3) is 0.500. The lowest BCUT2D eigenvalue weighted by atomic mass is 10.2. The van der Waals surface area contributed by atoms with Gasteiger partial charge in [0, 0.05) is 32.6 Å². The molecule has 0 radical (unpaired) electrons. The highest BCUT2D eigenvalue weighted by Gasteiger charge is 2.16. The van der Waals surface area contributed by atoms with Gasteiger partial charge in [-0.25, -0.2) is 4.98 Å². The maximum atomic E-state index is 11.8. The molecule has 0 bridgehead atoms. The molecule has 6 heteroatoms. The molecule has 1 aliphatic rings. The maximum Gasteiger partial charge on any atom is 0.241 e. The third-order valence-corrected chi connectivity index (χ3v) is 4.39. The summed E-state index contributed by atoms with van der Waals surface area (Å²) in [5.41, 5.74) is 0.909. The molecule has 3 rings (SSSR count). The lowest BCUT2D eigenvalue weighted by molar-refractivity contribution is -0.126. The number of anilines is 2. The zero-order valence-electron chi connectivity index (χ0n) is 14.5. The van der Waals surface area contributed by atoms with Gasteiger partial charge in [-0.15, -0.1) is 0 Å². The van der Waals surface area contributed by atoms with Crippen molar-refractivity contribution >= 4 is 28.6 Å². The molecule has 1 saturated heterocycles. The number of fused-ring (bicyclic) bond motifs is 1. The van der Waals surface area contributed by atoms with E-state index in [-0.39, 0.29) is 12.5 Å². The average Bonchev–Trinajstić information content (AvgIpc) is 2.88. The van der Waals surface area contributed by atoms with Gasteiger partial charge in [-0.05, 0) is 25.0 Å². The van der Waals surface area contributed by atoms with Gasteiger partial charge in [0.15, 0.2) is 0 Å². The molecule has 0 saturated carbocycles. The summed E-state index contributed by atoms with van der Waals surface area (Å²) in [6.45, 7) is 2.25. The van der Waals surface area contributed by atoms with Crippen molar-refractivity contribution < 1.29 is 4.79 Å². The molecule has 1 aromatic heterocycles. The largest absolute Gasteiger partial charge is 0.356 e. The Morgan fingerprint density at radius 3 is 2.54 bits per heavy atom. The highest BCUT2D eigenvalue weighted by molar-refractivity contribution is 5.90. The number of carbonyl (C=O) groups excluding carboxylic acids is 1. The summed E-state index contributed by atoms with van der Waals surface area (Å²) in [5, 5.41) is 4.15. The standard InChI is InChI=1S/C18H25N5O/c1-22(2)16(24)13-19-18-20-15-10-6-5-9-14(15)17(21-18)23-11-7-3-4-8-12-23/h5-6,9-10H,3-4,7-8,11-13H2,1-2H3,(H,19,20,21). The number of nitrogens with zero attached hydrogens (tertiary/aromatic N) is 4. The molecule has 0 unspecified atom stereocenters. The fourth-order valence-electron chi connectivity index (χ4n) is 2.98.